The predicted molar refractivity (Wildman–Crippen MR) is 60.2 cm³/mol. The summed E-state index contributed by atoms with van der Waals surface area (Å²) in [6, 6.07) is 7.89. The summed E-state index contributed by atoms with van der Waals surface area (Å²) in [5.74, 6) is 0. The van der Waals surface area contributed by atoms with Crippen molar-refractivity contribution in [1.82, 2.24) is 0 Å². The van der Waals surface area contributed by atoms with Gasteiger partial charge in [0, 0.05) is 28.9 Å². The Balaban J connectivity index is 0.000001000. The van der Waals surface area contributed by atoms with Gasteiger partial charge < -0.3 is 0 Å². The van der Waals surface area contributed by atoms with Crippen LogP contribution in [0.1, 0.15) is 0 Å². The first-order valence-electron chi connectivity index (χ1n) is 2.58. The van der Waals surface area contributed by atoms with E-state index in [0.29, 0.717) is 0 Å². The van der Waals surface area contributed by atoms with Crippen molar-refractivity contribution in [3.8, 4) is 0 Å². The molecule has 0 unspecified atom stereocenters. The summed E-state index contributed by atoms with van der Waals surface area (Å²) in [5, 5.41) is 0. The fourth-order valence-electron chi connectivity index (χ4n) is 0.589. The first kappa shape index (κ1) is 12.3. The molecule has 0 amide bonds. The first-order chi connectivity index (χ1) is 4.72. The molecule has 11 heavy (non-hydrogen) atoms. The molecule has 1 rings (SSSR count). The van der Waals surface area contributed by atoms with Crippen LogP contribution in [0.2, 0.25) is 0 Å². The van der Waals surface area contributed by atoms with Crippen LogP contribution in [-0.4, -0.2) is 24.4 Å². The quantitative estimate of drug-likeness (QED) is 0.467. The van der Waals surface area contributed by atoms with Gasteiger partial charge in [-0.15, -0.1) is 0 Å². The maximum Gasteiger partial charge on any atom is 0.0737 e. The van der Waals surface area contributed by atoms with E-state index in [0.717, 1.165) is 10.2 Å². The standard InChI is InChI=1S/C6H4Br3N.Sb/c7-5-3-1-2-4-6(5)10(8)9;/h1-4H;. The van der Waals surface area contributed by atoms with Crippen LogP contribution < -0.4 is 2.95 Å². The second-order valence-electron chi connectivity index (χ2n) is 1.68. The smallest absolute Gasteiger partial charge is 0.0737 e. The van der Waals surface area contributed by atoms with Crippen LogP contribution in [0.15, 0.2) is 28.7 Å². The monoisotopic (exact) mass is 448 g/mol. The second-order valence-corrected chi connectivity index (χ2v) is 4.91. The summed E-state index contributed by atoms with van der Waals surface area (Å²) in [6.07, 6.45) is 0. The molecule has 0 saturated carbocycles. The average Bonchev–Trinajstić information content (AvgIpc) is 1.88. The molecule has 0 N–H and O–H groups in total. The van der Waals surface area contributed by atoms with Crippen molar-refractivity contribution in [3.63, 3.8) is 0 Å². The van der Waals surface area contributed by atoms with E-state index in [2.05, 4.69) is 48.2 Å². The van der Waals surface area contributed by atoms with E-state index in [1.807, 2.05) is 24.3 Å². The van der Waals surface area contributed by atoms with E-state index in [4.69, 9.17) is 0 Å². The van der Waals surface area contributed by atoms with Gasteiger partial charge in [0.1, 0.15) is 0 Å². The Labute approximate surface area is 109 Å². The van der Waals surface area contributed by atoms with Crippen LogP contribution in [0.4, 0.5) is 5.69 Å². The Morgan fingerprint density at radius 2 is 1.64 bits per heavy atom. The van der Waals surface area contributed by atoms with Gasteiger partial charge in [-0.25, -0.2) is 2.95 Å². The zero-order valence-corrected chi connectivity index (χ0v) is 12.6. The van der Waals surface area contributed by atoms with E-state index in [9.17, 15) is 0 Å². The minimum atomic E-state index is 0. The number of para-hydroxylation sites is 1. The molecule has 5 heteroatoms. The fraction of sp³-hybridized carbons (Fsp3) is 0. The Kier molecular flexibility index (Phi) is 6.52. The van der Waals surface area contributed by atoms with Crippen LogP contribution in [0.3, 0.4) is 0 Å². The normalized spacial score (nSPS) is 8.64. The van der Waals surface area contributed by atoms with Crippen LogP contribution in [0, 0.1) is 0 Å². The second kappa shape index (κ2) is 5.84. The van der Waals surface area contributed by atoms with Crippen molar-refractivity contribution in [3.05, 3.63) is 28.7 Å². The van der Waals surface area contributed by atoms with Crippen LogP contribution in [0.25, 0.3) is 0 Å². The van der Waals surface area contributed by atoms with Gasteiger partial charge in [-0.2, -0.15) is 0 Å². The first-order valence-corrected chi connectivity index (χ1v) is 4.79. The van der Waals surface area contributed by atoms with Crippen LogP contribution in [-0.2, 0) is 0 Å². The van der Waals surface area contributed by atoms with Crippen molar-refractivity contribution >= 4 is 78.3 Å². The molecule has 59 valence electrons. The van der Waals surface area contributed by atoms with Gasteiger partial charge in [0.15, 0.2) is 0 Å². The number of nitrogens with zero attached hydrogens (tertiary/aromatic N) is 1. The van der Waals surface area contributed by atoms with Crippen molar-refractivity contribution in [2.45, 2.75) is 0 Å². The van der Waals surface area contributed by atoms with Gasteiger partial charge in [-0.1, -0.05) is 12.1 Å². The fourth-order valence-corrected chi connectivity index (χ4v) is 2.15. The third-order valence-electron chi connectivity index (χ3n) is 1.03. The third kappa shape index (κ3) is 3.66. The van der Waals surface area contributed by atoms with Gasteiger partial charge in [-0.3, -0.25) is 0 Å². The Morgan fingerprint density at radius 3 is 2.00 bits per heavy atom. The number of anilines is 1. The molecular weight excluding hydrogens is 448 g/mol. The van der Waals surface area contributed by atoms with Crippen molar-refractivity contribution in [2.75, 3.05) is 2.95 Å². The molecule has 0 aliphatic rings. The minimum absolute atomic E-state index is 0. The molecule has 0 bridgehead atoms. The van der Waals surface area contributed by atoms with Gasteiger partial charge >= 0.3 is 0 Å². The molecule has 0 aromatic heterocycles. The molecular formula is C6H4Br3NSb. The molecule has 1 nitrogen and oxygen atoms in total. The summed E-state index contributed by atoms with van der Waals surface area (Å²) in [7, 11) is 0. The summed E-state index contributed by atoms with van der Waals surface area (Å²) < 4.78 is 2.74. The third-order valence-corrected chi connectivity index (χ3v) is 2.47. The number of benzene rings is 1. The number of hydrogen-bond acceptors (Lipinski definition) is 1. The number of rotatable bonds is 1. The average molecular weight is 452 g/mol. The maximum atomic E-state index is 3.40. The van der Waals surface area contributed by atoms with Crippen LogP contribution in [0.5, 0.6) is 0 Å². The summed E-state index contributed by atoms with van der Waals surface area (Å²) in [6.45, 7) is 0. The summed E-state index contributed by atoms with van der Waals surface area (Å²) in [4.78, 5) is 0. The molecule has 1 aromatic carbocycles. The Hall–Kier alpha value is 1.28. The number of halogens is 3. The largest absolute Gasteiger partial charge is 0.241 e. The van der Waals surface area contributed by atoms with E-state index in [1.54, 1.807) is 2.95 Å². The molecule has 3 radical (unpaired) electrons. The zero-order chi connectivity index (χ0) is 7.56. The maximum absolute atomic E-state index is 3.40. The Morgan fingerprint density at radius 1 is 1.09 bits per heavy atom. The zero-order valence-electron chi connectivity index (χ0n) is 5.34. The molecule has 0 aliphatic carbocycles. The Bertz CT molecular complexity index is 229. The van der Waals surface area contributed by atoms with E-state index in [-0.39, 0.29) is 24.4 Å². The molecule has 0 heterocycles. The van der Waals surface area contributed by atoms with Crippen LogP contribution >= 0.6 is 48.2 Å². The van der Waals surface area contributed by atoms with Gasteiger partial charge in [0.2, 0.25) is 0 Å². The van der Waals surface area contributed by atoms with Crippen molar-refractivity contribution < 1.29 is 0 Å². The van der Waals surface area contributed by atoms with E-state index >= 15 is 0 Å². The molecule has 0 saturated heterocycles. The van der Waals surface area contributed by atoms with Crippen molar-refractivity contribution in [1.29, 1.82) is 0 Å². The van der Waals surface area contributed by atoms with E-state index < -0.39 is 0 Å². The van der Waals surface area contributed by atoms with Crippen molar-refractivity contribution in [2.24, 2.45) is 0 Å². The minimum Gasteiger partial charge on any atom is -0.241 e. The predicted octanol–water partition coefficient (Wildman–Crippen LogP) is 3.49. The molecule has 1 aromatic rings. The van der Waals surface area contributed by atoms with Gasteiger partial charge in [0.25, 0.3) is 0 Å². The molecule has 0 fully saturated rings. The summed E-state index contributed by atoms with van der Waals surface area (Å²) in [5.41, 5.74) is 1.04. The van der Waals surface area contributed by atoms with Gasteiger partial charge in [-0.05, 0) is 28.1 Å². The van der Waals surface area contributed by atoms with E-state index in [1.165, 1.54) is 0 Å². The summed E-state index contributed by atoms with van der Waals surface area (Å²) >= 11 is 9.90. The topological polar surface area (TPSA) is 3.24 Å². The van der Waals surface area contributed by atoms with Gasteiger partial charge in [0.05, 0.1) is 38.0 Å². The number of hydrogen-bond donors (Lipinski definition) is 0. The molecule has 0 spiro atoms. The molecule has 0 atom stereocenters. The molecule has 0 aliphatic heterocycles. The SMILES string of the molecule is Brc1ccccc1N(Br)Br.[Sb].